The van der Waals surface area contributed by atoms with E-state index in [0.717, 1.165) is 38.4 Å². The standard InChI is InChI=1S/C18H19NO/c1-15-6-8-16(9-7-15)18-5-3-2-4-17(18)14-19-10-12-20-13-11-19/h1-9H,10-14H2. The first-order valence-electron chi connectivity index (χ1n) is 7.07. The molecule has 0 aromatic heterocycles. The van der Waals surface area contributed by atoms with Gasteiger partial charge in [0.25, 0.3) is 0 Å². The summed E-state index contributed by atoms with van der Waals surface area (Å²) in [5.74, 6) is 0. The molecule has 0 unspecified atom stereocenters. The third-order valence-electron chi connectivity index (χ3n) is 3.74. The zero-order valence-electron chi connectivity index (χ0n) is 11.6. The smallest absolute Gasteiger partial charge is 0.0594 e. The second kappa shape index (κ2) is 6.21. The van der Waals surface area contributed by atoms with Crippen LogP contribution in [-0.2, 0) is 11.3 Å². The Morgan fingerprint density at radius 3 is 2.40 bits per heavy atom. The summed E-state index contributed by atoms with van der Waals surface area (Å²) in [5.41, 5.74) is 4.68. The van der Waals surface area contributed by atoms with Crippen LogP contribution >= 0.6 is 0 Å². The number of hydrogen-bond acceptors (Lipinski definition) is 2. The quantitative estimate of drug-likeness (QED) is 0.844. The lowest BCUT2D eigenvalue weighted by atomic mass is 9.98. The molecular formula is C18H19NO. The average molecular weight is 265 g/mol. The Kier molecular flexibility index (Phi) is 4.14. The summed E-state index contributed by atoms with van der Waals surface area (Å²) in [7, 11) is 0. The number of benzene rings is 2. The minimum atomic E-state index is 0.805. The SMILES string of the molecule is [CH]c1ccc(-c2ccccc2CN2CCOCC2)cc1. The molecular weight excluding hydrogens is 246 g/mol. The Morgan fingerprint density at radius 1 is 0.950 bits per heavy atom. The summed E-state index contributed by atoms with van der Waals surface area (Å²) in [5, 5.41) is 0. The second-order valence-electron chi connectivity index (χ2n) is 5.17. The van der Waals surface area contributed by atoms with Crippen LogP contribution in [0.5, 0.6) is 0 Å². The maximum absolute atomic E-state index is 5.77. The van der Waals surface area contributed by atoms with Crippen molar-refractivity contribution in [3.63, 3.8) is 0 Å². The second-order valence-corrected chi connectivity index (χ2v) is 5.17. The van der Waals surface area contributed by atoms with Gasteiger partial charge in [0, 0.05) is 19.6 Å². The third-order valence-corrected chi connectivity index (χ3v) is 3.74. The van der Waals surface area contributed by atoms with Crippen LogP contribution in [0.1, 0.15) is 11.1 Å². The van der Waals surface area contributed by atoms with Crippen molar-refractivity contribution in [2.75, 3.05) is 26.3 Å². The van der Waals surface area contributed by atoms with Gasteiger partial charge in [-0.1, -0.05) is 48.5 Å². The Hall–Kier alpha value is -1.64. The molecule has 102 valence electrons. The van der Waals surface area contributed by atoms with Crippen molar-refractivity contribution in [3.05, 3.63) is 66.6 Å². The molecule has 2 nitrogen and oxygen atoms in total. The summed E-state index contributed by atoms with van der Waals surface area (Å²) in [6, 6.07) is 16.7. The lowest BCUT2D eigenvalue weighted by Crippen LogP contribution is -2.35. The first-order chi connectivity index (χ1) is 9.83. The van der Waals surface area contributed by atoms with E-state index >= 15 is 0 Å². The van der Waals surface area contributed by atoms with Gasteiger partial charge in [-0.15, -0.1) is 0 Å². The van der Waals surface area contributed by atoms with Gasteiger partial charge in [0.1, 0.15) is 0 Å². The lowest BCUT2D eigenvalue weighted by molar-refractivity contribution is 0.0342. The van der Waals surface area contributed by atoms with Crippen LogP contribution in [0.25, 0.3) is 11.1 Å². The Balaban J connectivity index is 1.85. The molecule has 2 radical (unpaired) electrons. The van der Waals surface area contributed by atoms with Crippen molar-refractivity contribution in [1.29, 1.82) is 0 Å². The van der Waals surface area contributed by atoms with Gasteiger partial charge >= 0.3 is 0 Å². The van der Waals surface area contributed by atoms with Gasteiger partial charge in [0.2, 0.25) is 0 Å². The molecule has 0 saturated carbocycles. The molecule has 20 heavy (non-hydrogen) atoms. The van der Waals surface area contributed by atoms with E-state index in [1.54, 1.807) is 0 Å². The zero-order chi connectivity index (χ0) is 13.8. The monoisotopic (exact) mass is 265 g/mol. The van der Waals surface area contributed by atoms with Crippen LogP contribution in [0.4, 0.5) is 0 Å². The van der Waals surface area contributed by atoms with Crippen LogP contribution in [0, 0.1) is 6.92 Å². The topological polar surface area (TPSA) is 12.5 Å². The van der Waals surface area contributed by atoms with Gasteiger partial charge in [0.15, 0.2) is 0 Å². The highest BCUT2D eigenvalue weighted by Gasteiger charge is 2.13. The molecule has 2 aromatic carbocycles. The van der Waals surface area contributed by atoms with E-state index in [1.165, 1.54) is 16.7 Å². The van der Waals surface area contributed by atoms with Crippen LogP contribution in [0.3, 0.4) is 0 Å². The molecule has 1 saturated heterocycles. The summed E-state index contributed by atoms with van der Waals surface area (Å²) in [6.07, 6.45) is 0. The van der Waals surface area contributed by atoms with Crippen molar-refractivity contribution in [1.82, 2.24) is 4.90 Å². The highest BCUT2D eigenvalue weighted by molar-refractivity contribution is 5.67. The fourth-order valence-corrected chi connectivity index (χ4v) is 2.60. The van der Waals surface area contributed by atoms with Gasteiger partial charge < -0.3 is 4.74 Å². The van der Waals surface area contributed by atoms with Gasteiger partial charge in [-0.25, -0.2) is 0 Å². The molecule has 1 fully saturated rings. The number of hydrogen-bond donors (Lipinski definition) is 0. The molecule has 0 atom stereocenters. The van der Waals surface area contributed by atoms with Gasteiger partial charge in [-0.2, -0.15) is 0 Å². The Bertz CT molecular complexity index is 556. The van der Waals surface area contributed by atoms with Crippen molar-refractivity contribution in [2.24, 2.45) is 0 Å². The highest BCUT2D eigenvalue weighted by atomic mass is 16.5. The summed E-state index contributed by atoms with van der Waals surface area (Å²) in [4.78, 5) is 2.44. The molecule has 1 aliphatic rings. The van der Waals surface area contributed by atoms with Gasteiger partial charge in [-0.3, -0.25) is 4.90 Å². The van der Waals surface area contributed by atoms with Crippen molar-refractivity contribution in [2.45, 2.75) is 6.54 Å². The lowest BCUT2D eigenvalue weighted by Gasteiger charge is -2.27. The molecule has 0 spiro atoms. The molecule has 2 heteroatoms. The summed E-state index contributed by atoms with van der Waals surface area (Å²) in [6.45, 7) is 10.4. The highest BCUT2D eigenvalue weighted by Crippen LogP contribution is 2.25. The van der Waals surface area contributed by atoms with Crippen LogP contribution < -0.4 is 0 Å². The van der Waals surface area contributed by atoms with E-state index < -0.39 is 0 Å². The van der Waals surface area contributed by atoms with E-state index in [-0.39, 0.29) is 0 Å². The molecule has 0 aliphatic carbocycles. The molecule has 1 aliphatic heterocycles. The van der Waals surface area contributed by atoms with E-state index in [2.05, 4.69) is 41.3 Å². The zero-order valence-corrected chi connectivity index (χ0v) is 11.6. The molecule has 1 heterocycles. The summed E-state index contributed by atoms with van der Waals surface area (Å²) >= 11 is 0. The first kappa shape index (κ1) is 13.3. The maximum atomic E-state index is 5.77. The van der Waals surface area contributed by atoms with E-state index in [4.69, 9.17) is 11.7 Å². The van der Waals surface area contributed by atoms with Crippen molar-refractivity contribution < 1.29 is 4.74 Å². The van der Waals surface area contributed by atoms with Crippen LogP contribution in [-0.4, -0.2) is 31.2 Å². The van der Waals surface area contributed by atoms with Crippen molar-refractivity contribution in [3.8, 4) is 11.1 Å². The average Bonchev–Trinajstić information content (AvgIpc) is 2.50. The van der Waals surface area contributed by atoms with E-state index in [1.807, 2.05) is 12.1 Å². The minimum Gasteiger partial charge on any atom is -0.379 e. The van der Waals surface area contributed by atoms with Crippen LogP contribution in [0.15, 0.2) is 48.5 Å². The molecule has 3 rings (SSSR count). The fraction of sp³-hybridized carbons (Fsp3) is 0.278. The predicted octanol–water partition coefficient (Wildman–Crippen LogP) is 3.24. The molecule has 0 N–H and O–H groups in total. The fourth-order valence-electron chi connectivity index (χ4n) is 2.60. The predicted molar refractivity (Wildman–Crippen MR) is 81.4 cm³/mol. The van der Waals surface area contributed by atoms with Crippen molar-refractivity contribution >= 4 is 0 Å². The Morgan fingerprint density at radius 2 is 1.65 bits per heavy atom. The van der Waals surface area contributed by atoms with Gasteiger partial charge in [-0.05, 0) is 29.2 Å². The maximum Gasteiger partial charge on any atom is 0.0594 e. The number of morpholine rings is 1. The third kappa shape index (κ3) is 3.09. The number of rotatable bonds is 3. The van der Waals surface area contributed by atoms with E-state index in [0.29, 0.717) is 0 Å². The normalized spacial score (nSPS) is 16.2. The number of nitrogens with zero attached hydrogens (tertiary/aromatic N) is 1. The first-order valence-corrected chi connectivity index (χ1v) is 7.07. The molecule has 0 bridgehead atoms. The largest absolute Gasteiger partial charge is 0.379 e. The summed E-state index contributed by atoms with van der Waals surface area (Å²) < 4.78 is 5.41. The number of ether oxygens (including phenoxy) is 1. The molecule has 0 amide bonds. The minimum absolute atomic E-state index is 0.805. The van der Waals surface area contributed by atoms with E-state index in [9.17, 15) is 0 Å². The van der Waals surface area contributed by atoms with Gasteiger partial charge in [0.05, 0.1) is 13.2 Å². The molecule has 2 aromatic rings. The Labute approximate surface area is 121 Å². The van der Waals surface area contributed by atoms with Crippen LogP contribution in [0.2, 0.25) is 0 Å².